The smallest absolute Gasteiger partial charge is 0.256 e. The van der Waals surface area contributed by atoms with Crippen molar-refractivity contribution in [1.29, 1.82) is 5.26 Å². The summed E-state index contributed by atoms with van der Waals surface area (Å²) in [6, 6.07) is 18.6. The molecule has 1 aliphatic rings. The largest absolute Gasteiger partial charge is 0.326 e. The van der Waals surface area contributed by atoms with E-state index in [2.05, 4.69) is 26.8 Å². The molecule has 8 nitrogen and oxygen atoms in total. The van der Waals surface area contributed by atoms with Crippen LogP contribution in [0.5, 0.6) is 0 Å². The van der Waals surface area contributed by atoms with Crippen molar-refractivity contribution in [1.82, 2.24) is 14.8 Å². The number of para-hydroxylation sites is 1. The van der Waals surface area contributed by atoms with E-state index >= 15 is 0 Å². The lowest BCUT2D eigenvalue weighted by Gasteiger charge is -2.12. The molecule has 0 saturated carbocycles. The number of rotatable bonds is 3. The number of nitrogens with one attached hydrogen (secondary N) is 2. The molecule has 0 atom stereocenters. The molecular formula is C24H18N6O2. The molecule has 2 aromatic heterocycles. The summed E-state index contributed by atoms with van der Waals surface area (Å²) >= 11 is 0. The maximum Gasteiger partial charge on any atom is 0.256 e. The lowest BCUT2D eigenvalue weighted by atomic mass is 10.0. The topological polar surface area (TPSA) is 113 Å². The van der Waals surface area contributed by atoms with Gasteiger partial charge in [0.15, 0.2) is 11.6 Å². The van der Waals surface area contributed by atoms with E-state index in [-0.39, 0.29) is 23.2 Å². The summed E-state index contributed by atoms with van der Waals surface area (Å²) in [5.41, 5.74) is 3.09. The number of hydrogen-bond donors (Lipinski definition) is 2. The van der Waals surface area contributed by atoms with E-state index in [4.69, 9.17) is 0 Å². The number of nitriles is 1. The van der Waals surface area contributed by atoms with Crippen LogP contribution in [0.2, 0.25) is 0 Å². The Labute approximate surface area is 183 Å². The van der Waals surface area contributed by atoms with Crippen LogP contribution < -0.4 is 10.6 Å². The van der Waals surface area contributed by atoms with Crippen LogP contribution in [0.25, 0.3) is 16.7 Å². The number of carbonyl (C=O) groups is 2. The second-order valence-corrected chi connectivity index (χ2v) is 7.52. The molecule has 2 amide bonds. The number of aryl methyl sites for hydroxylation is 1. The van der Waals surface area contributed by atoms with Gasteiger partial charge in [-0.2, -0.15) is 15.0 Å². The van der Waals surface area contributed by atoms with Gasteiger partial charge < -0.3 is 10.6 Å². The van der Waals surface area contributed by atoms with Gasteiger partial charge in [0.25, 0.3) is 5.91 Å². The second-order valence-electron chi connectivity index (χ2n) is 7.52. The van der Waals surface area contributed by atoms with E-state index in [1.165, 1.54) is 10.9 Å². The Morgan fingerprint density at radius 3 is 2.88 bits per heavy atom. The molecule has 0 aliphatic carbocycles. The maximum absolute atomic E-state index is 13.0. The maximum atomic E-state index is 13.0. The van der Waals surface area contributed by atoms with Crippen LogP contribution in [0, 0.1) is 11.3 Å². The zero-order valence-electron chi connectivity index (χ0n) is 17.0. The first-order chi connectivity index (χ1) is 15.6. The highest BCUT2D eigenvalue weighted by molar-refractivity contribution is 6.05. The summed E-state index contributed by atoms with van der Waals surface area (Å²) in [7, 11) is 0. The molecule has 0 bridgehead atoms. The van der Waals surface area contributed by atoms with E-state index < -0.39 is 0 Å². The fourth-order valence-corrected chi connectivity index (χ4v) is 3.79. The van der Waals surface area contributed by atoms with Crippen LogP contribution in [0.3, 0.4) is 0 Å². The van der Waals surface area contributed by atoms with Gasteiger partial charge in [0.05, 0.1) is 11.7 Å². The van der Waals surface area contributed by atoms with Gasteiger partial charge in [-0.1, -0.05) is 18.2 Å². The van der Waals surface area contributed by atoms with E-state index in [9.17, 15) is 14.9 Å². The molecule has 0 spiro atoms. The first-order valence-electron chi connectivity index (χ1n) is 10.2. The first kappa shape index (κ1) is 19.5. The minimum atomic E-state index is -0.373. The summed E-state index contributed by atoms with van der Waals surface area (Å²) in [5.74, 6) is 0.350. The number of carbonyl (C=O) groups excluding carboxylic acids is 2. The summed E-state index contributed by atoms with van der Waals surface area (Å²) in [5, 5.41) is 20.5. The molecule has 2 aromatic carbocycles. The Morgan fingerprint density at radius 2 is 2.00 bits per heavy atom. The molecule has 0 radical (unpaired) electrons. The average Bonchev–Trinajstić information content (AvgIpc) is 3.11. The average molecular weight is 422 g/mol. The number of pyridine rings is 1. The summed E-state index contributed by atoms with van der Waals surface area (Å²) in [6.45, 7) is 0. The number of aromatic nitrogens is 3. The number of fused-ring (bicyclic) bond motifs is 2. The van der Waals surface area contributed by atoms with Crippen molar-refractivity contribution in [3.05, 3.63) is 77.5 Å². The fourth-order valence-electron chi connectivity index (χ4n) is 3.79. The highest BCUT2D eigenvalue weighted by atomic mass is 16.2. The second kappa shape index (κ2) is 7.96. The molecule has 2 N–H and O–H groups in total. The quantitative estimate of drug-likeness (QED) is 0.521. The Balaban J connectivity index is 1.48. The van der Waals surface area contributed by atoms with Gasteiger partial charge in [0, 0.05) is 23.1 Å². The number of amides is 2. The monoisotopic (exact) mass is 422 g/mol. The standard InChI is InChI=1S/C24H18N6O2/c25-13-18-14-26-30(21-11-9-15-4-1-2-6-19(15)27-21)23(18)29-24(32)17-8-10-20-16(12-17)5-3-7-22(31)28-20/h1-2,4,6,8-12,14H,3,5,7H2,(H,28,31)(H,29,32). The van der Waals surface area contributed by atoms with E-state index in [1.807, 2.05) is 30.3 Å². The normalized spacial score (nSPS) is 13.0. The van der Waals surface area contributed by atoms with Gasteiger partial charge in [0.2, 0.25) is 5.91 Å². The van der Waals surface area contributed by atoms with Crippen LogP contribution in [-0.2, 0) is 11.2 Å². The number of anilines is 2. The van der Waals surface area contributed by atoms with Crippen LogP contribution in [0.4, 0.5) is 11.5 Å². The van der Waals surface area contributed by atoms with Crippen molar-refractivity contribution in [3.63, 3.8) is 0 Å². The summed E-state index contributed by atoms with van der Waals surface area (Å²) in [6.07, 6.45) is 3.29. The predicted octanol–water partition coefficient (Wildman–Crippen LogP) is 3.82. The third-order valence-electron chi connectivity index (χ3n) is 5.41. The molecule has 4 aromatic rings. The molecule has 156 valence electrons. The molecule has 5 rings (SSSR count). The van der Waals surface area contributed by atoms with Crippen molar-refractivity contribution >= 4 is 34.2 Å². The van der Waals surface area contributed by atoms with Gasteiger partial charge in [0.1, 0.15) is 11.6 Å². The highest BCUT2D eigenvalue weighted by Crippen LogP contribution is 2.25. The Kier molecular flexibility index (Phi) is 4.84. The lowest BCUT2D eigenvalue weighted by Crippen LogP contribution is -2.17. The third-order valence-corrected chi connectivity index (χ3v) is 5.41. The van der Waals surface area contributed by atoms with Crippen molar-refractivity contribution in [2.75, 3.05) is 10.6 Å². The summed E-state index contributed by atoms with van der Waals surface area (Å²) < 4.78 is 1.45. The minimum absolute atomic E-state index is 0.0219. The number of benzene rings is 2. The van der Waals surface area contributed by atoms with Crippen molar-refractivity contribution in [2.45, 2.75) is 19.3 Å². The molecule has 0 saturated heterocycles. The van der Waals surface area contributed by atoms with Gasteiger partial charge in [-0.25, -0.2) is 4.98 Å². The van der Waals surface area contributed by atoms with Crippen molar-refractivity contribution in [3.8, 4) is 11.9 Å². The molecule has 0 unspecified atom stereocenters. The van der Waals surface area contributed by atoms with Gasteiger partial charge in [-0.05, 0) is 54.8 Å². The van der Waals surface area contributed by atoms with Crippen LogP contribution in [-0.4, -0.2) is 26.6 Å². The van der Waals surface area contributed by atoms with Gasteiger partial charge >= 0.3 is 0 Å². The molecular weight excluding hydrogens is 404 g/mol. The Morgan fingerprint density at radius 1 is 1.12 bits per heavy atom. The molecule has 1 aliphatic heterocycles. The van der Waals surface area contributed by atoms with Crippen molar-refractivity contribution in [2.24, 2.45) is 0 Å². The molecule has 32 heavy (non-hydrogen) atoms. The van der Waals surface area contributed by atoms with Crippen LogP contribution >= 0.6 is 0 Å². The van der Waals surface area contributed by atoms with Crippen LogP contribution in [0.1, 0.15) is 34.3 Å². The Bertz CT molecular complexity index is 1420. The Hall–Kier alpha value is -4.51. The summed E-state index contributed by atoms with van der Waals surface area (Å²) in [4.78, 5) is 29.4. The first-order valence-corrected chi connectivity index (χ1v) is 10.2. The van der Waals surface area contributed by atoms with Gasteiger partial charge in [-0.15, -0.1) is 0 Å². The van der Waals surface area contributed by atoms with Crippen LogP contribution in [0.15, 0.2) is 60.8 Å². The SMILES string of the molecule is N#Cc1cnn(-c2ccc3ccccc3n2)c1NC(=O)c1ccc2c(c1)CCCC(=O)N2. The molecule has 8 heteroatoms. The zero-order chi connectivity index (χ0) is 22.1. The van der Waals surface area contributed by atoms with Gasteiger partial charge in [-0.3, -0.25) is 9.59 Å². The number of nitrogens with zero attached hydrogens (tertiary/aromatic N) is 4. The van der Waals surface area contributed by atoms with E-state index in [0.29, 0.717) is 24.2 Å². The third kappa shape index (κ3) is 3.56. The fraction of sp³-hybridized carbons (Fsp3) is 0.125. The zero-order valence-corrected chi connectivity index (χ0v) is 17.0. The predicted molar refractivity (Wildman–Crippen MR) is 120 cm³/mol. The number of hydrogen-bond acceptors (Lipinski definition) is 5. The highest BCUT2D eigenvalue weighted by Gasteiger charge is 2.19. The molecule has 0 fully saturated rings. The lowest BCUT2D eigenvalue weighted by molar-refractivity contribution is -0.116. The molecule has 3 heterocycles. The van der Waals surface area contributed by atoms with E-state index in [0.717, 1.165) is 28.6 Å². The minimum Gasteiger partial charge on any atom is -0.326 e. The van der Waals surface area contributed by atoms with Crippen molar-refractivity contribution < 1.29 is 9.59 Å². The van der Waals surface area contributed by atoms with E-state index in [1.54, 1.807) is 24.3 Å².